The van der Waals surface area contributed by atoms with Crippen LogP contribution in [-0.2, 0) is 9.47 Å². The van der Waals surface area contributed by atoms with Crippen LogP contribution in [0.4, 0.5) is 0 Å². The lowest BCUT2D eigenvalue weighted by Gasteiger charge is -2.15. The van der Waals surface area contributed by atoms with Gasteiger partial charge in [-0.25, -0.2) is 0 Å². The molecular formula is C11H24N2O2. The average Bonchev–Trinajstić information content (AvgIpc) is 2.71. The van der Waals surface area contributed by atoms with Crippen LogP contribution in [0.5, 0.6) is 0 Å². The van der Waals surface area contributed by atoms with Crippen LogP contribution in [0.1, 0.15) is 12.8 Å². The van der Waals surface area contributed by atoms with Gasteiger partial charge in [-0.2, -0.15) is 0 Å². The van der Waals surface area contributed by atoms with Gasteiger partial charge in [0.05, 0.1) is 6.10 Å². The molecule has 0 amide bonds. The molecule has 0 bridgehead atoms. The zero-order valence-corrected chi connectivity index (χ0v) is 10.00. The van der Waals surface area contributed by atoms with Crippen LogP contribution in [0.2, 0.25) is 0 Å². The zero-order chi connectivity index (χ0) is 10.9. The maximum absolute atomic E-state index is 5.32. The van der Waals surface area contributed by atoms with E-state index in [-0.39, 0.29) is 0 Å². The van der Waals surface area contributed by atoms with E-state index in [2.05, 4.69) is 10.2 Å². The molecule has 4 heteroatoms. The minimum absolute atomic E-state index is 0.457. The van der Waals surface area contributed by atoms with Gasteiger partial charge in [0.1, 0.15) is 0 Å². The predicted octanol–water partition coefficient (Wildman–Crippen LogP) is 0.333. The fourth-order valence-electron chi connectivity index (χ4n) is 1.90. The summed E-state index contributed by atoms with van der Waals surface area (Å²) >= 11 is 0. The largest absolute Gasteiger partial charge is 0.385 e. The van der Waals surface area contributed by atoms with Crippen molar-refractivity contribution < 1.29 is 9.47 Å². The van der Waals surface area contributed by atoms with Crippen LogP contribution in [0.3, 0.4) is 0 Å². The Morgan fingerprint density at radius 1 is 1.33 bits per heavy atom. The van der Waals surface area contributed by atoms with Crippen molar-refractivity contribution >= 4 is 0 Å². The predicted molar refractivity (Wildman–Crippen MR) is 61.2 cm³/mol. The Kier molecular flexibility index (Phi) is 6.92. The second kappa shape index (κ2) is 8.05. The van der Waals surface area contributed by atoms with E-state index in [1.165, 1.54) is 13.0 Å². The highest BCUT2D eigenvalue weighted by molar-refractivity contribution is 4.75. The smallest absolute Gasteiger partial charge is 0.0710 e. The lowest BCUT2D eigenvalue weighted by Crippen LogP contribution is -2.32. The first-order chi connectivity index (χ1) is 7.36. The first kappa shape index (κ1) is 12.9. The Hall–Kier alpha value is -0.160. The van der Waals surface area contributed by atoms with Crippen molar-refractivity contribution in [1.82, 2.24) is 10.2 Å². The molecule has 1 heterocycles. The number of nitrogens with zero attached hydrogens (tertiary/aromatic N) is 1. The molecule has 4 nitrogen and oxygen atoms in total. The van der Waals surface area contributed by atoms with Crippen LogP contribution in [-0.4, -0.2) is 64.6 Å². The van der Waals surface area contributed by atoms with E-state index >= 15 is 0 Å². The third kappa shape index (κ3) is 5.47. The molecule has 0 aromatic carbocycles. The van der Waals surface area contributed by atoms with Gasteiger partial charge in [0.15, 0.2) is 0 Å². The summed E-state index contributed by atoms with van der Waals surface area (Å²) in [6.07, 6.45) is 2.73. The van der Waals surface area contributed by atoms with E-state index in [4.69, 9.17) is 9.47 Å². The third-order valence-electron chi connectivity index (χ3n) is 2.87. The van der Waals surface area contributed by atoms with E-state index in [0.29, 0.717) is 6.10 Å². The molecule has 0 radical (unpaired) electrons. The highest BCUT2D eigenvalue weighted by atomic mass is 16.5. The number of methoxy groups -OCH3 is 2. The summed E-state index contributed by atoms with van der Waals surface area (Å²) in [6, 6.07) is 0. The van der Waals surface area contributed by atoms with Crippen LogP contribution < -0.4 is 5.32 Å². The fraction of sp³-hybridized carbons (Fsp3) is 1.00. The molecule has 1 unspecified atom stereocenters. The van der Waals surface area contributed by atoms with Crippen molar-refractivity contribution in [2.24, 2.45) is 0 Å². The Bertz CT molecular complexity index is 156. The van der Waals surface area contributed by atoms with Crippen LogP contribution in [0.25, 0.3) is 0 Å². The zero-order valence-electron chi connectivity index (χ0n) is 10.00. The molecule has 1 rings (SSSR count). The van der Waals surface area contributed by atoms with Crippen molar-refractivity contribution in [3.63, 3.8) is 0 Å². The maximum atomic E-state index is 5.32. The number of rotatable bonds is 8. The normalized spacial score (nSPS) is 22.4. The molecule has 1 atom stereocenters. The molecule has 1 fully saturated rings. The SMILES string of the molecule is COCCCNCCN1CCC(OC)C1. The molecule has 1 aliphatic heterocycles. The molecule has 0 spiro atoms. The number of nitrogens with one attached hydrogen (secondary N) is 1. The molecule has 0 aliphatic carbocycles. The molecule has 0 aromatic heterocycles. The molecule has 1 saturated heterocycles. The maximum Gasteiger partial charge on any atom is 0.0710 e. The van der Waals surface area contributed by atoms with E-state index in [1.54, 1.807) is 14.2 Å². The number of likely N-dealkylation sites (tertiary alicyclic amines) is 1. The lowest BCUT2D eigenvalue weighted by molar-refractivity contribution is 0.108. The lowest BCUT2D eigenvalue weighted by atomic mass is 10.3. The summed E-state index contributed by atoms with van der Waals surface area (Å²) in [4.78, 5) is 2.46. The van der Waals surface area contributed by atoms with Gasteiger partial charge in [0, 0.05) is 47.0 Å². The summed E-state index contributed by atoms with van der Waals surface area (Å²) in [5, 5.41) is 3.42. The topological polar surface area (TPSA) is 33.7 Å². The fourth-order valence-corrected chi connectivity index (χ4v) is 1.90. The second-order valence-corrected chi connectivity index (χ2v) is 4.04. The highest BCUT2D eigenvalue weighted by Crippen LogP contribution is 2.10. The first-order valence-corrected chi connectivity index (χ1v) is 5.81. The van der Waals surface area contributed by atoms with Gasteiger partial charge in [0.25, 0.3) is 0 Å². The third-order valence-corrected chi connectivity index (χ3v) is 2.87. The second-order valence-electron chi connectivity index (χ2n) is 4.04. The molecule has 1 N–H and O–H groups in total. The number of ether oxygens (including phenoxy) is 2. The minimum Gasteiger partial charge on any atom is -0.385 e. The Labute approximate surface area is 92.9 Å². The van der Waals surface area contributed by atoms with Gasteiger partial charge < -0.3 is 14.8 Å². The van der Waals surface area contributed by atoms with Gasteiger partial charge in [-0.05, 0) is 19.4 Å². The standard InChI is InChI=1S/C11H24N2O2/c1-14-9-3-5-12-6-8-13-7-4-11(10-13)15-2/h11-12H,3-10H2,1-2H3. The molecule has 90 valence electrons. The Balaban J connectivity index is 1.88. The van der Waals surface area contributed by atoms with E-state index < -0.39 is 0 Å². The summed E-state index contributed by atoms with van der Waals surface area (Å²) in [5.41, 5.74) is 0. The number of hydrogen-bond acceptors (Lipinski definition) is 4. The van der Waals surface area contributed by atoms with Crippen molar-refractivity contribution in [1.29, 1.82) is 0 Å². The monoisotopic (exact) mass is 216 g/mol. The van der Waals surface area contributed by atoms with Crippen molar-refractivity contribution in [3.8, 4) is 0 Å². The van der Waals surface area contributed by atoms with E-state index in [1.807, 2.05) is 0 Å². The Morgan fingerprint density at radius 2 is 2.20 bits per heavy atom. The molecule has 0 saturated carbocycles. The van der Waals surface area contributed by atoms with Gasteiger partial charge >= 0.3 is 0 Å². The summed E-state index contributed by atoms with van der Waals surface area (Å²) in [7, 11) is 3.55. The summed E-state index contributed by atoms with van der Waals surface area (Å²) in [6.45, 7) is 6.37. The highest BCUT2D eigenvalue weighted by Gasteiger charge is 2.20. The van der Waals surface area contributed by atoms with Crippen molar-refractivity contribution in [2.45, 2.75) is 18.9 Å². The minimum atomic E-state index is 0.457. The van der Waals surface area contributed by atoms with Gasteiger partial charge in [0.2, 0.25) is 0 Å². The number of hydrogen-bond donors (Lipinski definition) is 1. The van der Waals surface area contributed by atoms with Crippen molar-refractivity contribution in [3.05, 3.63) is 0 Å². The quantitative estimate of drug-likeness (QED) is 0.593. The Morgan fingerprint density at radius 3 is 2.87 bits per heavy atom. The van der Waals surface area contributed by atoms with E-state index in [9.17, 15) is 0 Å². The van der Waals surface area contributed by atoms with Crippen LogP contribution in [0, 0.1) is 0 Å². The molecular weight excluding hydrogens is 192 g/mol. The molecule has 15 heavy (non-hydrogen) atoms. The first-order valence-electron chi connectivity index (χ1n) is 5.81. The summed E-state index contributed by atoms with van der Waals surface area (Å²) in [5.74, 6) is 0. The average molecular weight is 216 g/mol. The van der Waals surface area contributed by atoms with Gasteiger partial charge in [-0.3, -0.25) is 4.90 Å². The van der Waals surface area contributed by atoms with E-state index in [0.717, 1.165) is 39.2 Å². The van der Waals surface area contributed by atoms with Crippen LogP contribution >= 0.6 is 0 Å². The molecule has 1 aliphatic rings. The summed E-state index contributed by atoms with van der Waals surface area (Å²) < 4.78 is 10.3. The van der Waals surface area contributed by atoms with Gasteiger partial charge in [-0.1, -0.05) is 0 Å². The van der Waals surface area contributed by atoms with Gasteiger partial charge in [-0.15, -0.1) is 0 Å². The van der Waals surface area contributed by atoms with Crippen molar-refractivity contribution in [2.75, 3.05) is 53.6 Å². The van der Waals surface area contributed by atoms with Crippen LogP contribution in [0.15, 0.2) is 0 Å². The molecule has 0 aromatic rings.